The molecule has 0 radical (unpaired) electrons. The maximum absolute atomic E-state index is 12.2. The first-order chi connectivity index (χ1) is 15.2. The van der Waals surface area contributed by atoms with Crippen LogP contribution in [-0.4, -0.2) is 61.0 Å². The zero-order valence-electron chi connectivity index (χ0n) is 18.4. The molecule has 5 heteroatoms. The third-order valence-corrected chi connectivity index (χ3v) is 7.82. The van der Waals surface area contributed by atoms with E-state index in [1.165, 1.54) is 70.4 Å². The Hall–Kier alpha value is -2.11. The second-order valence-electron chi connectivity index (χ2n) is 9.81. The van der Waals surface area contributed by atoms with Crippen molar-refractivity contribution in [2.24, 2.45) is 17.8 Å². The highest BCUT2D eigenvalue weighted by atomic mass is 16.3. The molecule has 5 heterocycles. The van der Waals surface area contributed by atoms with E-state index in [1.807, 2.05) is 0 Å². The fourth-order valence-corrected chi connectivity index (χ4v) is 6.03. The molecule has 4 fully saturated rings. The summed E-state index contributed by atoms with van der Waals surface area (Å²) in [6.45, 7) is 6.86. The SMILES string of the molecule is O=C(NCC1CC2CCN1CC2CN1CCC(Cc2ccccc2)CC1)c1ccco1. The van der Waals surface area contributed by atoms with E-state index in [0.717, 1.165) is 24.3 Å². The van der Waals surface area contributed by atoms with Crippen molar-refractivity contribution in [3.63, 3.8) is 0 Å². The summed E-state index contributed by atoms with van der Waals surface area (Å²) in [5.41, 5.74) is 1.49. The summed E-state index contributed by atoms with van der Waals surface area (Å²) in [5.74, 6) is 2.74. The summed E-state index contributed by atoms with van der Waals surface area (Å²) in [5, 5.41) is 3.08. The maximum Gasteiger partial charge on any atom is 0.287 e. The van der Waals surface area contributed by atoms with Crippen LogP contribution in [0, 0.1) is 17.8 Å². The van der Waals surface area contributed by atoms with Crippen LogP contribution in [0.2, 0.25) is 0 Å². The molecule has 31 heavy (non-hydrogen) atoms. The van der Waals surface area contributed by atoms with Crippen molar-refractivity contribution in [3.05, 3.63) is 60.1 Å². The molecule has 1 amide bonds. The van der Waals surface area contributed by atoms with Crippen LogP contribution in [0.3, 0.4) is 0 Å². The molecule has 4 atom stereocenters. The molecule has 2 bridgehead atoms. The second-order valence-corrected chi connectivity index (χ2v) is 9.81. The standard InChI is InChI=1S/C26H35N3O2/c30-26(25-7-4-14-31-25)27-17-24-16-22-10-13-29(24)19-23(22)18-28-11-8-21(9-12-28)15-20-5-2-1-3-6-20/h1-7,14,21-24H,8-13,15-19H2,(H,27,30). The molecular formula is C26H35N3O2. The number of benzene rings is 1. The molecule has 1 N–H and O–H groups in total. The number of amides is 1. The number of carbonyl (C=O) groups is 1. The number of likely N-dealkylation sites (tertiary alicyclic amines) is 1. The van der Waals surface area contributed by atoms with Gasteiger partial charge in [0.1, 0.15) is 0 Å². The van der Waals surface area contributed by atoms with Crippen LogP contribution < -0.4 is 5.32 Å². The van der Waals surface area contributed by atoms with Crippen molar-refractivity contribution in [2.75, 3.05) is 39.3 Å². The zero-order valence-corrected chi connectivity index (χ0v) is 18.4. The van der Waals surface area contributed by atoms with Gasteiger partial charge in [0, 0.05) is 25.7 Å². The maximum atomic E-state index is 12.2. The minimum Gasteiger partial charge on any atom is -0.459 e. The Morgan fingerprint density at radius 1 is 1.03 bits per heavy atom. The van der Waals surface area contributed by atoms with E-state index in [4.69, 9.17) is 4.42 Å². The molecular weight excluding hydrogens is 386 g/mol. The molecule has 0 aliphatic carbocycles. The number of hydrogen-bond donors (Lipinski definition) is 1. The molecule has 4 unspecified atom stereocenters. The number of hydrogen-bond acceptors (Lipinski definition) is 4. The van der Waals surface area contributed by atoms with Gasteiger partial charge in [0.05, 0.1) is 6.26 Å². The molecule has 5 nitrogen and oxygen atoms in total. The van der Waals surface area contributed by atoms with Gasteiger partial charge in [-0.25, -0.2) is 0 Å². The highest BCUT2D eigenvalue weighted by Gasteiger charge is 2.40. The minimum absolute atomic E-state index is 0.0948. The topological polar surface area (TPSA) is 48.7 Å². The van der Waals surface area contributed by atoms with Crippen molar-refractivity contribution in [1.29, 1.82) is 0 Å². The molecule has 0 saturated carbocycles. The van der Waals surface area contributed by atoms with E-state index in [1.54, 1.807) is 18.4 Å². The fraction of sp³-hybridized carbons (Fsp3) is 0.577. The van der Waals surface area contributed by atoms with Crippen LogP contribution in [0.15, 0.2) is 53.1 Å². The third-order valence-electron chi connectivity index (χ3n) is 7.82. The smallest absolute Gasteiger partial charge is 0.287 e. The van der Waals surface area contributed by atoms with E-state index >= 15 is 0 Å². The van der Waals surface area contributed by atoms with Gasteiger partial charge in [-0.2, -0.15) is 0 Å². The molecule has 166 valence electrons. The molecule has 4 aliphatic heterocycles. The summed E-state index contributed by atoms with van der Waals surface area (Å²) < 4.78 is 5.21. The average molecular weight is 422 g/mol. The first-order valence-electron chi connectivity index (χ1n) is 12.1. The van der Waals surface area contributed by atoms with Crippen molar-refractivity contribution >= 4 is 5.91 Å². The summed E-state index contributed by atoms with van der Waals surface area (Å²) in [6, 6.07) is 14.9. The van der Waals surface area contributed by atoms with Crippen LogP contribution in [0.4, 0.5) is 0 Å². The van der Waals surface area contributed by atoms with Crippen molar-refractivity contribution in [1.82, 2.24) is 15.1 Å². The van der Waals surface area contributed by atoms with Crippen molar-refractivity contribution < 1.29 is 9.21 Å². The zero-order chi connectivity index (χ0) is 21.0. The Morgan fingerprint density at radius 2 is 1.87 bits per heavy atom. The van der Waals surface area contributed by atoms with E-state index in [9.17, 15) is 4.79 Å². The predicted molar refractivity (Wildman–Crippen MR) is 122 cm³/mol. The van der Waals surface area contributed by atoms with Gasteiger partial charge in [0.25, 0.3) is 5.91 Å². The van der Waals surface area contributed by atoms with E-state index < -0.39 is 0 Å². The normalized spacial score (nSPS) is 29.2. The number of furan rings is 1. The van der Waals surface area contributed by atoms with E-state index in [-0.39, 0.29) is 5.91 Å². The quantitative estimate of drug-likeness (QED) is 0.741. The van der Waals surface area contributed by atoms with Gasteiger partial charge in [-0.3, -0.25) is 9.69 Å². The summed E-state index contributed by atoms with van der Waals surface area (Å²) in [4.78, 5) is 17.5. The van der Waals surface area contributed by atoms with Gasteiger partial charge < -0.3 is 14.6 Å². The van der Waals surface area contributed by atoms with Crippen LogP contribution >= 0.6 is 0 Å². The summed E-state index contributed by atoms with van der Waals surface area (Å²) >= 11 is 0. The Balaban J connectivity index is 1.06. The molecule has 1 aromatic carbocycles. The van der Waals surface area contributed by atoms with Gasteiger partial charge in [-0.15, -0.1) is 0 Å². The third kappa shape index (κ3) is 5.04. The molecule has 4 saturated heterocycles. The lowest BCUT2D eigenvalue weighted by molar-refractivity contribution is -0.0152. The van der Waals surface area contributed by atoms with Crippen LogP contribution in [-0.2, 0) is 6.42 Å². The lowest BCUT2D eigenvalue weighted by atomic mass is 9.75. The first kappa shape index (κ1) is 20.8. The largest absolute Gasteiger partial charge is 0.459 e. The van der Waals surface area contributed by atoms with Crippen LogP contribution in [0.5, 0.6) is 0 Å². The second kappa shape index (κ2) is 9.58. The minimum atomic E-state index is -0.0948. The lowest BCUT2D eigenvalue weighted by Crippen LogP contribution is -2.58. The fourth-order valence-electron chi connectivity index (χ4n) is 6.03. The predicted octanol–water partition coefficient (Wildman–Crippen LogP) is 3.67. The number of carbonyl (C=O) groups excluding carboxylic acids is 1. The van der Waals surface area contributed by atoms with Gasteiger partial charge in [-0.05, 0) is 87.2 Å². The highest BCUT2D eigenvalue weighted by Crippen LogP contribution is 2.37. The van der Waals surface area contributed by atoms with Gasteiger partial charge in [0.2, 0.25) is 0 Å². The number of fused-ring (bicyclic) bond motifs is 3. The molecule has 6 rings (SSSR count). The van der Waals surface area contributed by atoms with Gasteiger partial charge in [0.15, 0.2) is 5.76 Å². The summed E-state index contributed by atoms with van der Waals surface area (Å²) in [6.07, 6.45) is 7.98. The Labute approximate surface area is 185 Å². The number of rotatable bonds is 7. The number of piperidine rings is 4. The number of nitrogens with zero attached hydrogens (tertiary/aromatic N) is 2. The number of nitrogens with one attached hydrogen (secondary N) is 1. The monoisotopic (exact) mass is 421 g/mol. The Bertz CT molecular complexity index is 830. The highest BCUT2D eigenvalue weighted by molar-refractivity contribution is 5.91. The van der Waals surface area contributed by atoms with Crippen molar-refractivity contribution in [3.8, 4) is 0 Å². The molecule has 1 aromatic heterocycles. The van der Waals surface area contributed by atoms with Gasteiger partial charge >= 0.3 is 0 Å². The summed E-state index contributed by atoms with van der Waals surface area (Å²) in [7, 11) is 0. The molecule has 4 aliphatic rings. The van der Waals surface area contributed by atoms with E-state index in [2.05, 4.69) is 45.4 Å². The molecule has 0 spiro atoms. The van der Waals surface area contributed by atoms with Crippen LogP contribution in [0.25, 0.3) is 0 Å². The van der Waals surface area contributed by atoms with Gasteiger partial charge in [-0.1, -0.05) is 30.3 Å². The Morgan fingerprint density at radius 3 is 2.58 bits per heavy atom. The Kier molecular flexibility index (Phi) is 6.42. The van der Waals surface area contributed by atoms with E-state index in [0.29, 0.717) is 11.8 Å². The van der Waals surface area contributed by atoms with Crippen LogP contribution in [0.1, 0.15) is 41.8 Å². The first-order valence-corrected chi connectivity index (χ1v) is 12.1. The lowest BCUT2D eigenvalue weighted by Gasteiger charge is -2.51. The average Bonchev–Trinajstić information content (AvgIpc) is 3.35. The molecule has 2 aromatic rings. The van der Waals surface area contributed by atoms with Crippen molar-refractivity contribution in [2.45, 2.75) is 38.1 Å².